The number of likely N-dealkylation sites (tertiary alicyclic amines) is 2. The predicted molar refractivity (Wildman–Crippen MR) is 121 cm³/mol. The molecular weight excluding hydrogens is 406 g/mol. The molecule has 0 bridgehead atoms. The average molecular weight is 438 g/mol. The van der Waals surface area contributed by atoms with Gasteiger partial charge in [-0.15, -0.1) is 0 Å². The van der Waals surface area contributed by atoms with Crippen molar-refractivity contribution < 1.29 is 14.7 Å². The molecule has 5 rings (SSSR count). The number of piperidine rings is 1. The summed E-state index contributed by atoms with van der Waals surface area (Å²) < 4.78 is 1.99. The minimum absolute atomic E-state index is 0.0689. The van der Waals surface area contributed by atoms with Crippen LogP contribution in [0, 0.1) is 5.92 Å². The highest BCUT2D eigenvalue weighted by Crippen LogP contribution is 2.35. The summed E-state index contributed by atoms with van der Waals surface area (Å²) in [5.41, 5.74) is 3.63. The Balaban J connectivity index is 1.24. The lowest BCUT2D eigenvalue weighted by molar-refractivity contribution is 0.0749. The Labute approximate surface area is 187 Å². The van der Waals surface area contributed by atoms with Crippen LogP contribution < -0.4 is 5.32 Å². The van der Waals surface area contributed by atoms with Crippen molar-refractivity contribution >= 4 is 23.0 Å². The number of imidazole rings is 1. The Bertz CT molecular complexity index is 1050. The number of aliphatic hydroxyl groups excluding tert-OH is 1. The van der Waals surface area contributed by atoms with Crippen molar-refractivity contribution in [3.63, 3.8) is 0 Å². The summed E-state index contributed by atoms with van der Waals surface area (Å²) in [5, 5.41) is 12.5. The minimum Gasteiger partial charge on any atom is -0.391 e. The second-order valence-electron chi connectivity index (χ2n) is 9.12. The van der Waals surface area contributed by atoms with Gasteiger partial charge in [-0.1, -0.05) is 6.08 Å². The fraction of sp³-hybridized carbons (Fsp3) is 0.542. The summed E-state index contributed by atoms with van der Waals surface area (Å²) in [5.74, 6) is 0.600. The van der Waals surface area contributed by atoms with Gasteiger partial charge in [0.2, 0.25) is 0 Å². The number of aliphatic hydroxyl groups is 1. The highest BCUT2D eigenvalue weighted by atomic mass is 16.3. The molecule has 2 unspecified atom stereocenters. The molecule has 0 saturated carbocycles. The second kappa shape index (κ2) is 8.94. The zero-order valence-corrected chi connectivity index (χ0v) is 18.4. The van der Waals surface area contributed by atoms with E-state index in [0.29, 0.717) is 44.1 Å². The number of carbonyl (C=O) groups is 2. The maximum atomic E-state index is 13.3. The van der Waals surface area contributed by atoms with Gasteiger partial charge in [0, 0.05) is 44.0 Å². The molecule has 3 amide bonds. The number of hydrogen-bond acceptors (Lipinski definition) is 4. The molecule has 0 spiro atoms. The molecule has 0 radical (unpaired) electrons. The van der Waals surface area contributed by atoms with Gasteiger partial charge in [0.25, 0.3) is 5.91 Å². The number of nitrogens with zero attached hydrogens (tertiary/aromatic N) is 4. The van der Waals surface area contributed by atoms with Crippen LogP contribution in [-0.2, 0) is 6.54 Å². The molecule has 2 aromatic rings. The number of rotatable bonds is 4. The van der Waals surface area contributed by atoms with Gasteiger partial charge < -0.3 is 24.8 Å². The van der Waals surface area contributed by atoms with E-state index in [9.17, 15) is 14.7 Å². The minimum atomic E-state index is -0.416. The Morgan fingerprint density at radius 2 is 2.03 bits per heavy atom. The molecule has 2 N–H and O–H groups in total. The summed E-state index contributed by atoms with van der Waals surface area (Å²) >= 11 is 0. The van der Waals surface area contributed by atoms with Crippen molar-refractivity contribution in [1.82, 2.24) is 24.7 Å². The van der Waals surface area contributed by atoms with E-state index >= 15 is 0 Å². The third-order valence-corrected chi connectivity index (χ3v) is 6.97. The van der Waals surface area contributed by atoms with Crippen molar-refractivity contribution in [3.05, 3.63) is 41.9 Å². The van der Waals surface area contributed by atoms with Gasteiger partial charge in [0.05, 0.1) is 23.5 Å². The second-order valence-corrected chi connectivity index (χ2v) is 9.12. The number of fused-ring (bicyclic) bond motifs is 2. The van der Waals surface area contributed by atoms with Crippen LogP contribution in [0.3, 0.4) is 0 Å². The topological polar surface area (TPSA) is 90.7 Å². The van der Waals surface area contributed by atoms with E-state index in [1.54, 1.807) is 11.2 Å². The molecule has 2 saturated heterocycles. The lowest BCUT2D eigenvalue weighted by atomic mass is 9.84. The Morgan fingerprint density at radius 3 is 2.88 bits per heavy atom. The third-order valence-electron chi connectivity index (χ3n) is 6.97. The summed E-state index contributed by atoms with van der Waals surface area (Å²) in [6.45, 7) is 2.84. The quantitative estimate of drug-likeness (QED) is 0.770. The van der Waals surface area contributed by atoms with E-state index in [4.69, 9.17) is 0 Å². The van der Waals surface area contributed by atoms with E-state index < -0.39 is 6.10 Å². The van der Waals surface area contributed by atoms with Crippen molar-refractivity contribution in [2.75, 3.05) is 26.2 Å². The van der Waals surface area contributed by atoms with Crippen LogP contribution in [0.25, 0.3) is 11.0 Å². The maximum Gasteiger partial charge on any atom is 0.317 e. The fourth-order valence-corrected chi connectivity index (χ4v) is 5.25. The number of urea groups is 1. The molecule has 8 heteroatoms. The highest BCUT2D eigenvalue weighted by molar-refractivity contribution is 5.98. The first kappa shape index (κ1) is 21.0. The van der Waals surface area contributed by atoms with Crippen molar-refractivity contribution in [2.24, 2.45) is 5.92 Å². The molecule has 1 aromatic carbocycles. The Hall–Kier alpha value is -2.87. The average Bonchev–Trinajstić information content (AvgIpc) is 3.44. The van der Waals surface area contributed by atoms with Crippen molar-refractivity contribution in [3.8, 4) is 0 Å². The van der Waals surface area contributed by atoms with Gasteiger partial charge in [-0.3, -0.25) is 4.79 Å². The molecular formula is C24H31N5O3. The number of hydrogen-bond donors (Lipinski definition) is 2. The largest absolute Gasteiger partial charge is 0.391 e. The molecule has 1 aromatic heterocycles. The van der Waals surface area contributed by atoms with Crippen molar-refractivity contribution in [2.45, 2.75) is 51.2 Å². The smallest absolute Gasteiger partial charge is 0.317 e. The monoisotopic (exact) mass is 437 g/mol. The van der Waals surface area contributed by atoms with E-state index in [0.717, 1.165) is 30.4 Å². The van der Waals surface area contributed by atoms with Gasteiger partial charge in [-0.2, -0.15) is 0 Å². The zero-order valence-electron chi connectivity index (χ0n) is 18.4. The summed E-state index contributed by atoms with van der Waals surface area (Å²) in [4.78, 5) is 33.6. The SMILES string of the molecule is O=C(NCCn1cnc2cc(C(=O)N3CCCC4CCCC=C43)ccc21)N1CCC(O)C1. The zero-order chi connectivity index (χ0) is 22.1. The number of nitrogens with one attached hydrogen (secondary N) is 1. The molecule has 8 nitrogen and oxygen atoms in total. The summed E-state index contributed by atoms with van der Waals surface area (Å²) in [6, 6.07) is 5.58. The fourth-order valence-electron chi connectivity index (χ4n) is 5.25. The normalized spacial score (nSPS) is 23.2. The molecule has 3 heterocycles. The number of allylic oxidation sites excluding steroid dienone is 2. The number of carbonyl (C=O) groups excluding carboxylic acids is 2. The molecule has 1 aliphatic carbocycles. The third kappa shape index (κ3) is 4.11. The van der Waals surface area contributed by atoms with Gasteiger partial charge >= 0.3 is 6.03 Å². The van der Waals surface area contributed by atoms with Gasteiger partial charge in [0.15, 0.2) is 0 Å². The lowest BCUT2D eigenvalue weighted by Gasteiger charge is -2.38. The summed E-state index contributed by atoms with van der Waals surface area (Å²) in [7, 11) is 0. The van der Waals surface area contributed by atoms with E-state index in [2.05, 4.69) is 16.4 Å². The maximum absolute atomic E-state index is 13.3. The first-order valence-corrected chi connectivity index (χ1v) is 11.8. The highest BCUT2D eigenvalue weighted by Gasteiger charge is 2.31. The van der Waals surface area contributed by atoms with Crippen LogP contribution >= 0.6 is 0 Å². The van der Waals surface area contributed by atoms with Crippen LogP contribution in [0.4, 0.5) is 4.79 Å². The molecule has 2 fully saturated rings. The number of β-amino-alcohol motifs (C(OH)–C–C–N with tert-alkyl or cyclic N) is 1. The van der Waals surface area contributed by atoms with Crippen LogP contribution in [-0.4, -0.2) is 68.7 Å². The van der Waals surface area contributed by atoms with Gasteiger partial charge in [-0.05, 0) is 62.6 Å². The lowest BCUT2D eigenvalue weighted by Crippen LogP contribution is -2.40. The predicted octanol–water partition coefficient (Wildman–Crippen LogP) is 2.73. The number of benzene rings is 1. The Kier molecular flexibility index (Phi) is 5.87. The molecule has 3 aliphatic rings. The molecule has 2 aliphatic heterocycles. The molecule has 32 heavy (non-hydrogen) atoms. The van der Waals surface area contributed by atoms with Gasteiger partial charge in [-0.25, -0.2) is 9.78 Å². The molecule has 170 valence electrons. The van der Waals surface area contributed by atoms with Crippen molar-refractivity contribution in [1.29, 1.82) is 0 Å². The first-order chi connectivity index (χ1) is 15.6. The van der Waals surface area contributed by atoms with Crippen LogP contribution in [0.1, 0.15) is 48.9 Å². The van der Waals surface area contributed by atoms with E-state index in [-0.39, 0.29) is 11.9 Å². The van der Waals surface area contributed by atoms with Gasteiger partial charge in [0.1, 0.15) is 0 Å². The molecule has 2 atom stereocenters. The summed E-state index contributed by atoms with van der Waals surface area (Å²) in [6.07, 6.45) is 9.96. The first-order valence-electron chi connectivity index (χ1n) is 11.8. The Morgan fingerprint density at radius 1 is 1.16 bits per heavy atom. The standard InChI is InChI=1S/C24H31N5O3/c30-19-9-12-27(15-19)24(32)25-10-13-28-16-26-20-14-18(7-8-22(20)28)23(31)29-11-3-5-17-4-1-2-6-21(17)29/h6-8,14,16-17,19,30H,1-5,9-13,15H2,(H,25,32). The number of aromatic nitrogens is 2. The number of amides is 3. The van der Waals surface area contributed by atoms with E-state index in [1.165, 1.54) is 25.0 Å². The van der Waals surface area contributed by atoms with Crippen LogP contribution in [0.2, 0.25) is 0 Å². The van der Waals surface area contributed by atoms with E-state index in [1.807, 2.05) is 27.7 Å². The van der Waals surface area contributed by atoms with Crippen LogP contribution in [0.5, 0.6) is 0 Å². The van der Waals surface area contributed by atoms with Crippen LogP contribution in [0.15, 0.2) is 36.3 Å².